The largest absolute Gasteiger partial charge is 0.481 e. The van der Waals surface area contributed by atoms with Gasteiger partial charge in [0.25, 0.3) is 5.91 Å². The van der Waals surface area contributed by atoms with Crippen LogP contribution in [0.4, 0.5) is 5.69 Å². The van der Waals surface area contributed by atoms with Crippen LogP contribution in [0.15, 0.2) is 48.5 Å². The van der Waals surface area contributed by atoms with Gasteiger partial charge in [-0.1, -0.05) is 13.3 Å². The molecule has 0 aromatic heterocycles. The van der Waals surface area contributed by atoms with Crippen molar-refractivity contribution in [1.82, 2.24) is 0 Å². The van der Waals surface area contributed by atoms with Crippen molar-refractivity contribution >= 4 is 17.6 Å². The van der Waals surface area contributed by atoms with E-state index in [1.807, 2.05) is 13.0 Å². The second-order valence-corrected chi connectivity index (χ2v) is 5.95. The molecule has 0 fully saturated rings. The Balaban J connectivity index is 1.88. The van der Waals surface area contributed by atoms with Gasteiger partial charge in [0, 0.05) is 5.69 Å². The number of esters is 1. The van der Waals surface area contributed by atoms with E-state index in [2.05, 4.69) is 5.32 Å². The minimum atomic E-state index is -0.733. The van der Waals surface area contributed by atoms with E-state index in [-0.39, 0.29) is 11.9 Å². The number of carbonyl (C=O) groups is 2. The molecule has 1 N–H and O–H groups in total. The minimum absolute atomic E-state index is 0.317. The van der Waals surface area contributed by atoms with Crippen LogP contribution in [-0.2, 0) is 9.53 Å². The number of benzene rings is 2. The van der Waals surface area contributed by atoms with E-state index in [1.165, 1.54) is 0 Å². The zero-order valence-electron chi connectivity index (χ0n) is 15.4. The lowest BCUT2D eigenvalue weighted by molar-refractivity contribution is -0.122. The zero-order valence-corrected chi connectivity index (χ0v) is 15.4. The molecule has 0 saturated heterocycles. The smallest absolute Gasteiger partial charge is 0.338 e. The Kier molecular flexibility index (Phi) is 7.38. The van der Waals surface area contributed by atoms with Crippen LogP contribution in [0.25, 0.3) is 0 Å². The molecule has 140 valence electrons. The van der Waals surface area contributed by atoms with Crippen LogP contribution in [0.1, 0.15) is 42.6 Å². The Bertz CT molecular complexity index is 808. The number of nitrogens with one attached hydrogen (secondary N) is 1. The summed E-state index contributed by atoms with van der Waals surface area (Å²) in [6, 6.07) is 15.0. The van der Waals surface area contributed by atoms with Gasteiger partial charge in [-0.3, -0.25) is 4.79 Å². The summed E-state index contributed by atoms with van der Waals surface area (Å²) in [5.74, 6) is -0.216. The van der Waals surface area contributed by atoms with Gasteiger partial charge in [0.15, 0.2) is 6.10 Å². The van der Waals surface area contributed by atoms with Crippen LogP contribution in [-0.4, -0.2) is 24.6 Å². The first-order valence-electron chi connectivity index (χ1n) is 8.78. The van der Waals surface area contributed by atoms with Crippen molar-refractivity contribution in [3.8, 4) is 11.8 Å². The normalized spacial score (nSPS) is 11.1. The summed E-state index contributed by atoms with van der Waals surface area (Å²) in [6.07, 6.45) is 1.06. The summed E-state index contributed by atoms with van der Waals surface area (Å²) in [7, 11) is 0. The fraction of sp³-hybridized carbons (Fsp3) is 0.286. The Morgan fingerprint density at radius 2 is 1.78 bits per heavy atom. The van der Waals surface area contributed by atoms with Gasteiger partial charge < -0.3 is 14.8 Å². The van der Waals surface area contributed by atoms with E-state index in [0.717, 1.165) is 12.8 Å². The summed E-state index contributed by atoms with van der Waals surface area (Å²) in [6.45, 7) is 4.06. The Morgan fingerprint density at radius 1 is 1.11 bits per heavy atom. The first-order chi connectivity index (χ1) is 13.0. The molecule has 0 bridgehead atoms. The molecule has 0 saturated carbocycles. The molecule has 0 aliphatic carbocycles. The van der Waals surface area contributed by atoms with Gasteiger partial charge >= 0.3 is 5.97 Å². The molecular formula is C21H22N2O4. The average molecular weight is 366 g/mol. The molecule has 0 heterocycles. The lowest BCUT2D eigenvalue weighted by atomic mass is 10.2. The Hall–Kier alpha value is -3.33. The third-order valence-electron chi connectivity index (χ3n) is 3.78. The van der Waals surface area contributed by atoms with Gasteiger partial charge in [0.05, 0.1) is 23.8 Å². The maximum atomic E-state index is 12.2. The van der Waals surface area contributed by atoms with Crippen LogP contribution in [0.3, 0.4) is 0 Å². The highest BCUT2D eigenvalue weighted by Crippen LogP contribution is 2.16. The molecule has 27 heavy (non-hydrogen) atoms. The van der Waals surface area contributed by atoms with Crippen molar-refractivity contribution in [1.29, 1.82) is 5.26 Å². The lowest BCUT2D eigenvalue weighted by Crippen LogP contribution is -2.30. The molecule has 0 aliphatic rings. The highest BCUT2D eigenvalue weighted by atomic mass is 16.5. The molecule has 0 spiro atoms. The summed E-state index contributed by atoms with van der Waals surface area (Å²) in [5.41, 5.74) is 1.54. The number of anilines is 1. The molecule has 2 aromatic rings. The van der Waals surface area contributed by atoms with Gasteiger partial charge in [-0.15, -0.1) is 0 Å². The molecule has 1 atom stereocenters. The number of hydrogen-bond acceptors (Lipinski definition) is 5. The van der Waals surface area contributed by atoms with Gasteiger partial charge in [-0.25, -0.2) is 4.79 Å². The van der Waals surface area contributed by atoms with Crippen molar-refractivity contribution in [2.45, 2.75) is 32.8 Å². The van der Waals surface area contributed by atoms with Gasteiger partial charge in [-0.2, -0.15) is 5.26 Å². The fourth-order valence-corrected chi connectivity index (χ4v) is 2.19. The Morgan fingerprint density at radius 3 is 2.37 bits per heavy atom. The quantitative estimate of drug-likeness (QED) is 0.565. The topological polar surface area (TPSA) is 88.4 Å². The summed E-state index contributed by atoms with van der Waals surface area (Å²) in [4.78, 5) is 24.1. The molecule has 0 unspecified atom stereocenters. The summed E-state index contributed by atoms with van der Waals surface area (Å²) >= 11 is 0. The number of amides is 1. The lowest BCUT2D eigenvalue weighted by Gasteiger charge is -2.15. The van der Waals surface area contributed by atoms with E-state index in [9.17, 15) is 9.59 Å². The molecule has 6 heteroatoms. The predicted octanol–water partition coefficient (Wildman–Crippen LogP) is 3.92. The summed E-state index contributed by atoms with van der Waals surface area (Å²) in [5, 5.41) is 11.5. The van der Waals surface area contributed by atoms with E-state index in [0.29, 0.717) is 29.2 Å². The van der Waals surface area contributed by atoms with Gasteiger partial charge in [-0.05, 0) is 61.9 Å². The number of carbonyl (C=O) groups excluding carboxylic acids is 2. The first kappa shape index (κ1) is 20.0. The average Bonchev–Trinajstić information content (AvgIpc) is 2.69. The highest BCUT2D eigenvalue weighted by molar-refractivity contribution is 5.94. The van der Waals surface area contributed by atoms with Crippen LogP contribution >= 0.6 is 0 Å². The van der Waals surface area contributed by atoms with Crippen LogP contribution in [0, 0.1) is 11.3 Å². The number of ether oxygens (including phenoxy) is 2. The SMILES string of the molecule is CCCCOC(=O)c1ccc(O[C@@H](C)C(=O)Nc2ccc(C#N)cc2)cc1. The van der Waals surface area contributed by atoms with Crippen molar-refractivity contribution < 1.29 is 19.1 Å². The number of unbranched alkanes of at least 4 members (excludes halogenated alkanes) is 1. The highest BCUT2D eigenvalue weighted by Gasteiger charge is 2.15. The third kappa shape index (κ3) is 6.15. The van der Waals surface area contributed by atoms with Crippen molar-refractivity contribution in [3.05, 3.63) is 59.7 Å². The molecule has 2 rings (SSSR count). The molecule has 6 nitrogen and oxygen atoms in total. The van der Waals surface area contributed by atoms with Crippen LogP contribution < -0.4 is 10.1 Å². The molecule has 0 aliphatic heterocycles. The van der Waals surface area contributed by atoms with Crippen molar-refractivity contribution in [3.63, 3.8) is 0 Å². The van der Waals surface area contributed by atoms with Gasteiger partial charge in [0.2, 0.25) is 0 Å². The van der Waals surface area contributed by atoms with E-state index in [1.54, 1.807) is 55.5 Å². The molecule has 2 aromatic carbocycles. The number of nitriles is 1. The number of hydrogen-bond donors (Lipinski definition) is 1. The molecule has 1 amide bonds. The maximum Gasteiger partial charge on any atom is 0.338 e. The van der Waals surface area contributed by atoms with E-state index >= 15 is 0 Å². The van der Waals surface area contributed by atoms with Crippen LogP contribution in [0.2, 0.25) is 0 Å². The number of nitrogens with zero attached hydrogens (tertiary/aromatic N) is 1. The van der Waals surface area contributed by atoms with Crippen molar-refractivity contribution in [2.75, 3.05) is 11.9 Å². The van der Waals surface area contributed by atoms with E-state index < -0.39 is 6.10 Å². The predicted molar refractivity (Wildman–Crippen MR) is 102 cm³/mol. The van der Waals surface area contributed by atoms with Crippen molar-refractivity contribution in [2.24, 2.45) is 0 Å². The second-order valence-electron chi connectivity index (χ2n) is 5.95. The third-order valence-corrected chi connectivity index (χ3v) is 3.78. The van der Waals surface area contributed by atoms with Crippen LogP contribution in [0.5, 0.6) is 5.75 Å². The second kappa shape index (κ2) is 9.97. The first-order valence-corrected chi connectivity index (χ1v) is 8.78. The monoisotopic (exact) mass is 366 g/mol. The van der Waals surface area contributed by atoms with E-state index in [4.69, 9.17) is 14.7 Å². The van der Waals surface area contributed by atoms with Gasteiger partial charge in [0.1, 0.15) is 5.75 Å². The Labute approximate surface area is 158 Å². The summed E-state index contributed by atoms with van der Waals surface area (Å²) < 4.78 is 10.8. The maximum absolute atomic E-state index is 12.2. The minimum Gasteiger partial charge on any atom is -0.481 e. The fourth-order valence-electron chi connectivity index (χ4n) is 2.19. The molecular weight excluding hydrogens is 344 g/mol. The number of rotatable bonds is 8. The zero-order chi connectivity index (χ0) is 19.6. The standard InChI is InChI=1S/C21H22N2O4/c1-3-4-13-26-21(25)17-7-11-19(12-8-17)27-15(2)20(24)23-18-9-5-16(14-22)6-10-18/h5-12,15H,3-4,13H2,1-2H3,(H,23,24)/t15-/m0/s1. The molecule has 0 radical (unpaired) electrons.